The Hall–Kier alpha value is 0.00870. The van der Waals surface area contributed by atoms with Crippen LogP contribution in [0.5, 0.6) is 0 Å². The molecule has 3 heteroatoms. The first-order valence-corrected chi connectivity index (χ1v) is 1.51. The monoisotopic (exact) mass is 206 g/mol. The summed E-state index contributed by atoms with van der Waals surface area (Å²) in [5, 5.41) is 0. The fourth-order valence-corrected chi connectivity index (χ4v) is 0.0833. The Morgan fingerprint density at radius 1 is 1.86 bits per heavy atom. The van der Waals surface area contributed by atoms with Crippen molar-refractivity contribution in [3.05, 3.63) is 12.7 Å². The average molecular weight is 205 g/mol. The molecule has 0 fully saturated rings. The van der Waals surface area contributed by atoms with E-state index in [1.807, 2.05) is 0 Å². The van der Waals surface area contributed by atoms with E-state index in [-0.39, 0.29) is 23.9 Å². The third-order valence-corrected chi connectivity index (χ3v) is 0.368. The summed E-state index contributed by atoms with van der Waals surface area (Å²) < 4.78 is 4.14. The fourth-order valence-electron chi connectivity index (χ4n) is 0.0833. The number of hydrogen-bond donors (Lipinski definition) is 0. The summed E-state index contributed by atoms with van der Waals surface area (Å²) in [5.74, 6) is -0.394. The summed E-state index contributed by atoms with van der Waals surface area (Å²) in [6.07, 6.45) is 1.11. The molecule has 0 aliphatic carbocycles. The number of carbonyl (C=O) groups excluding carboxylic acids is 1. The van der Waals surface area contributed by atoms with Gasteiger partial charge in [0.25, 0.3) is 0 Å². The van der Waals surface area contributed by atoms with Crippen LogP contribution in [0, 0.1) is 0 Å². The van der Waals surface area contributed by atoms with E-state index in [1.165, 1.54) is 7.11 Å². The Morgan fingerprint density at radius 3 is 2.29 bits per heavy atom. The van der Waals surface area contributed by atoms with Gasteiger partial charge in [-0.05, 0) is 0 Å². The van der Waals surface area contributed by atoms with Gasteiger partial charge in [0.2, 0.25) is 0 Å². The van der Waals surface area contributed by atoms with Gasteiger partial charge in [-0.3, -0.25) is 0 Å². The fraction of sp³-hybridized carbons (Fsp3) is 0.250. The van der Waals surface area contributed by atoms with Gasteiger partial charge in [0.05, 0.1) is 7.11 Å². The van der Waals surface area contributed by atoms with Crippen molar-refractivity contribution in [3.8, 4) is 0 Å². The molecule has 0 aliphatic heterocycles. The van der Waals surface area contributed by atoms with E-state index in [1.54, 1.807) is 0 Å². The Labute approximate surface area is 59.5 Å². The molecule has 7 heavy (non-hydrogen) atoms. The van der Waals surface area contributed by atoms with E-state index in [4.69, 9.17) is 0 Å². The summed E-state index contributed by atoms with van der Waals surface area (Å²) >= 11 is 0. The van der Waals surface area contributed by atoms with Gasteiger partial charge in [0, 0.05) is 30.0 Å². The zero-order valence-corrected chi connectivity index (χ0v) is 6.96. The predicted molar refractivity (Wildman–Crippen MR) is 28.0 cm³/mol. The van der Waals surface area contributed by atoms with E-state index < -0.39 is 5.97 Å². The number of methoxy groups -OCH3 is 1. The second-order valence-electron chi connectivity index (χ2n) is 0.727. The van der Waals surface area contributed by atoms with Crippen molar-refractivity contribution in [2.75, 3.05) is 7.11 Å². The number of hydrogen-bond acceptors (Lipinski definition) is 2. The van der Waals surface area contributed by atoms with E-state index in [0.717, 1.165) is 6.08 Å². The molecule has 38 valence electrons. The number of rotatable bonds is 1. The van der Waals surface area contributed by atoms with E-state index in [2.05, 4.69) is 11.3 Å². The Balaban J connectivity index is 0. The maximum absolute atomic E-state index is 9.84. The van der Waals surface area contributed by atoms with E-state index in [0.29, 0.717) is 0 Å². The largest absolute Gasteiger partial charge is 0.466 e. The van der Waals surface area contributed by atoms with Crippen LogP contribution in [0.2, 0.25) is 0 Å². The van der Waals surface area contributed by atoms with Crippen LogP contribution in [0.15, 0.2) is 12.7 Å². The normalized spacial score (nSPS) is 5.86. The van der Waals surface area contributed by atoms with Crippen molar-refractivity contribution in [2.24, 2.45) is 0 Å². The maximum Gasteiger partial charge on any atom is 0.329 e. The van der Waals surface area contributed by atoms with Gasteiger partial charge >= 0.3 is 5.97 Å². The molecule has 0 N–H and O–H groups in total. The van der Waals surface area contributed by atoms with Crippen molar-refractivity contribution in [1.82, 2.24) is 0 Å². The van der Waals surface area contributed by atoms with Crippen LogP contribution in [0.1, 0.15) is 0 Å². The SMILES string of the molecule is C=CC(=O)OC.[Sn]. The van der Waals surface area contributed by atoms with Crippen molar-refractivity contribution in [2.45, 2.75) is 0 Å². The van der Waals surface area contributed by atoms with Crippen LogP contribution >= 0.6 is 0 Å². The van der Waals surface area contributed by atoms with Gasteiger partial charge < -0.3 is 4.74 Å². The van der Waals surface area contributed by atoms with Gasteiger partial charge in [-0.2, -0.15) is 0 Å². The Morgan fingerprint density at radius 2 is 2.29 bits per heavy atom. The zero-order chi connectivity index (χ0) is 4.99. The molecule has 0 aromatic heterocycles. The second kappa shape index (κ2) is 6.01. The molecule has 0 saturated carbocycles. The van der Waals surface area contributed by atoms with Crippen LogP contribution in [0.3, 0.4) is 0 Å². The van der Waals surface area contributed by atoms with Crippen LogP contribution < -0.4 is 0 Å². The Bertz CT molecular complexity index is 70.1. The number of esters is 1. The first-order valence-electron chi connectivity index (χ1n) is 1.51. The quantitative estimate of drug-likeness (QED) is 0.341. The summed E-state index contributed by atoms with van der Waals surface area (Å²) in [7, 11) is 1.31. The summed E-state index contributed by atoms with van der Waals surface area (Å²) in [6, 6.07) is 0. The first kappa shape index (κ1) is 10.1. The smallest absolute Gasteiger partial charge is 0.329 e. The third kappa shape index (κ3) is 6.01. The van der Waals surface area contributed by atoms with Gasteiger partial charge in [-0.25, -0.2) is 4.79 Å². The van der Waals surface area contributed by atoms with Gasteiger partial charge in [-0.1, -0.05) is 6.58 Å². The van der Waals surface area contributed by atoms with Gasteiger partial charge in [-0.15, -0.1) is 0 Å². The maximum atomic E-state index is 9.84. The molecule has 0 spiro atoms. The molecule has 0 aromatic rings. The topological polar surface area (TPSA) is 26.3 Å². The summed E-state index contributed by atoms with van der Waals surface area (Å²) in [6.45, 7) is 3.16. The zero-order valence-electron chi connectivity index (χ0n) is 4.10. The molecule has 4 radical (unpaired) electrons. The van der Waals surface area contributed by atoms with Gasteiger partial charge in [0.15, 0.2) is 0 Å². The molecule has 0 amide bonds. The van der Waals surface area contributed by atoms with Crippen LogP contribution in [0.4, 0.5) is 0 Å². The van der Waals surface area contributed by atoms with Crippen molar-refractivity contribution >= 4 is 29.9 Å². The molecule has 0 bridgehead atoms. The summed E-state index contributed by atoms with van der Waals surface area (Å²) in [4.78, 5) is 9.84. The molecule has 0 aromatic carbocycles. The average Bonchev–Trinajstić information content (AvgIpc) is 1.65. The van der Waals surface area contributed by atoms with E-state index >= 15 is 0 Å². The van der Waals surface area contributed by atoms with Crippen molar-refractivity contribution < 1.29 is 9.53 Å². The van der Waals surface area contributed by atoms with Crippen molar-refractivity contribution in [1.29, 1.82) is 0 Å². The minimum atomic E-state index is -0.394. The molecular weight excluding hydrogens is 199 g/mol. The third-order valence-electron chi connectivity index (χ3n) is 0.368. The van der Waals surface area contributed by atoms with E-state index in [9.17, 15) is 4.79 Å². The van der Waals surface area contributed by atoms with Crippen molar-refractivity contribution in [3.63, 3.8) is 0 Å². The molecule has 0 atom stereocenters. The first-order chi connectivity index (χ1) is 2.81. The molecule has 0 unspecified atom stereocenters. The molecule has 0 aliphatic rings. The standard InChI is InChI=1S/C4H6O2.Sn/c1-3-4(5)6-2;/h3H,1H2,2H3;. The second-order valence-corrected chi connectivity index (χ2v) is 0.727. The minimum Gasteiger partial charge on any atom is -0.466 e. The summed E-state index contributed by atoms with van der Waals surface area (Å²) in [5.41, 5.74) is 0. The van der Waals surface area contributed by atoms with Crippen LogP contribution in [-0.4, -0.2) is 37.0 Å². The van der Waals surface area contributed by atoms with Crippen LogP contribution in [0.25, 0.3) is 0 Å². The molecule has 0 heterocycles. The molecule has 0 rings (SSSR count). The number of ether oxygens (including phenoxy) is 1. The molecular formula is C4H6O2Sn. The number of carbonyl (C=O) groups is 1. The Kier molecular flexibility index (Phi) is 8.66. The van der Waals surface area contributed by atoms with Crippen LogP contribution in [-0.2, 0) is 9.53 Å². The predicted octanol–water partition coefficient (Wildman–Crippen LogP) is -0.0354. The minimum absolute atomic E-state index is 0. The van der Waals surface area contributed by atoms with Gasteiger partial charge in [0.1, 0.15) is 0 Å². The molecule has 2 nitrogen and oxygen atoms in total. The molecule has 0 saturated heterocycles.